The third-order valence-corrected chi connectivity index (χ3v) is 2.73. The Bertz CT molecular complexity index is 645. The van der Waals surface area contributed by atoms with Crippen molar-refractivity contribution in [1.82, 2.24) is 0 Å². The van der Waals surface area contributed by atoms with Crippen molar-refractivity contribution in [1.29, 1.82) is 0 Å². The molecule has 0 aliphatic heterocycles. The number of rotatable bonds is 3. The third-order valence-electron chi connectivity index (χ3n) is 2.56. The van der Waals surface area contributed by atoms with Crippen molar-refractivity contribution < 1.29 is 9.21 Å². The number of furan rings is 1. The Balaban J connectivity index is 2.46. The molecule has 1 aromatic carbocycles. The predicted molar refractivity (Wildman–Crippen MR) is 78.1 cm³/mol. The molecule has 0 spiro atoms. The van der Waals surface area contributed by atoms with Crippen LogP contribution in [0, 0.1) is 0 Å². The number of thiocarbonyl (C=S) groups is 1. The summed E-state index contributed by atoms with van der Waals surface area (Å²) in [6.45, 7) is 1.52. The molecule has 0 aliphatic carbocycles. The zero-order chi connectivity index (χ0) is 13.8. The second-order valence-electron chi connectivity index (χ2n) is 3.92. The van der Waals surface area contributed by atoms with E-state index in [0.29, 0.717) is 5.56 Å². The second kappa shape index (κ2) is 5.58. The minimum absolute atomic E-state index is 0.144. The van der Waals surface area contributed by atoms with Gasteiger partial charge in [0.25, 0.3) is 5.91 Å². The van der Waals surface area contributed by atoms with Crippen molar-refractivity contribution >= 4 is 28.8 Å². The predicted octanol–water partition coefficient (Wildman–Crippen LogP) is 2.57. The molecule has 0 atom stereocenters. The second-order valence-corrected chi connectivity index (χ2v) is 4.53. The molecule has 0 unspecified atom stereocenters. The number of hydrogen-bond acceptors (Lipinski definition) is 3. The van der Waals surface area contributed by atoms with Crippen LogP contribution in [0.15, 0.2) is 52.3 Å². The normalized spacial score (nSPS) is 11.3. The Labute approximate surface area is 115 Å². The van der Waals surface area contributed by atoms with Gasteiger partial charge < -0.3 is 10.2 Å². The molecule has 2 rings (SSSR count). The van der Waals surface area contributed by atoms with Crippen LogP contribution in [-0.4, -0.2) is 16.6 Å². The maximum Gasteiger partial charge on any atom is 0.285 e. The van der Waals surface area contributed by atoms with Gasteiger partial charge in [0.05, 0.1) is 17.4 Å². The highest BCUT2D eigenvalue weighted by atomic mass is 32.1. The quantitative estimate of drug-likeness (QED) is 0.529. The Hall–Kier alpha value is -2.27. The monoisotopic (exact) mass is 272 g/mol. The Morgan fingerprint density at radius 3 is 2.68 bits per heavy atom. The van der Waals surface area contributed by atoms with Gasteiger partial charge >= 0.3 is 0 Å². The van der Waals surface area contributed by atoms with Gasteiger partial charge in [-0.1, -0.05) is 36.5 Å². The maximum absolute atomic E-state index is 11.5. The Kier molecular flexibility index (Phi) is 3.87. The number of carbonyl (C=O) groups excluding carboxylic acids is 1. The Morgan fingerprint density at radius 1 is 1.32 bits per heavy atom. The number of benzene rings is 1. The van der Waals surface area contributed by atoms with E-state index < -0.39 is 5.91 Å². The number of carbonyl (C=O) groups is 1. The van der Waals surface area contributed by atoms with E-state index in [1.54, 1.807) is 18.6 Å². The van der Waals surface area contributed by atoms with Crippen LogP contribution in [0.2, 0.25) is 0 Å². The first-order valence-corrected chi connectivity index (χ1v) is 6.01. The fourth-order valence-corrected chi connectivity index (χ4v) is 1.67. The summed E-state index contributed by atoms with van der Waals surface area (Å²) in [5.41, 5.74) is 8.28. The maximum atomic E-state index is 11.5. The molecular weight excluding hydrogens is 260 g/mol. The van der Waals surface area contributed by atoms with Gasteiger partial charge in [0.15, 0.2) is 0 Å². The number of aliphatic imine (C=N–C) groups is 1. The largest absolute Gasteiger partial charge is 0.472 e. The minimum Gasteiger partial charge on any atom is -0.472 e. The van der Waals surface area contributed by atoms with Crippen LogP contribution in [0.25, 0.3) is 11.1 Å². The van der Waals surface area contributed by atoms with Gasteiger partial charge in [-0.15, -0.1) is 0 Å². The summed E-state index contributed by atoms with van der Waals surface area (Å²) in [6, 6.07) is 9.21. The Morgan fingerprint density at radius 2 is 2.05 bits per heavy atom. The number of nitrogens with zero attached hydrogens (tertiary/aromatic N) is 1. The van der Waals surface area contributed by atoms with E-state index in [1.165, 1.54) is 6.92 Å². The molecule has 2 N–H and O–H groups in total. The van der Waals surface area contributed by atoms with E-state index in [2.05, 4.69) is 4.99 Å². The van der Waals surface area contributed by atoms with Gasteiger partial charge in [-0.05, 0) is 18.6 Å². The SMILES string of the molecule is CC(=S)C(=O)N=C(N)c1ccccc1-c1ccoc1. The van der Waals surface area contributed by atoms with Gasteiger partial charge in [-0.25, -0.2) is 0 Å². The van der Waals surface area contributed by atoms with E-state index in [-0.39, 0.29) is 10.7 Å². The molecule has 0 saturated carbocycles. The molecule has 5 heteroatoms. The van der Waals surface area contributed by atoms with Gasteiger partial charge in [0.1, 0.15) is 5.84 Å². The number of hydrogen-bond donors (Lipinski definition) is 1. The summed E-state index contributed by atoms with van der Waals surface area (Å²) in [6.07, 6.45) is 3.18. The topological polar surface area (TPSA) is 68.6 Å². The van der Waals surface area contributed by atoms with Crippen LogP contribution >= 0.6 is 12.2 Å². The lowest BCUT2D eigenvalue weighted by molar-refractivity contribution is -0.111. The minimum atomic E-state index is -0.491. The van der Waals surface area contributed by atoms with Crippen molar-refractivity contribution in [2.24, 2.45) is 10.7 Å². The van der Waals surface area contributed by atoms with Crippen molar-refractivity contribution in [3.8, 4) is 11.1 Å². The van der Waals surface area contributed by atoms with Crippen LogP contribution in [0.1, 0.15) is 12.5 Å². The summed E-state index contributed by atoms with van der Waals surface area (Å²) in [7, 11) is 0. The summed E-state index contributed by atoms with van der Waals surface area (Å²) < 4.78 is 5.05. The number of amidine groups is 1. The van der Waals surface area contributed by atoms with Crippen LogP contribution in [0.5, 0.6) is 0 Å². The van der Waals surface area contributed by atoms with E-state index in [9.17, 15) is 4.79 Å². The molecule has 0 radical (unpaired) electrons. The lowest BCUT2D eigenvalue weighted by Gasteiger charge is -2.06. The van der Waals surface area contributed by atoms with E-state index >= 15 is 0 Å². The van der Waals surface area contributed by atoms with E-state index in [0.717, 1.165) is 11.1 Å². The molecule has 96 valence electrons. The smallest absolute Gasteiger partial charge is 0.285 e. The standard InChI is InChI=1S/C14H12N2O2S/c1-9(19)14(17)16-13(15)12-5-3-2-4-11(12)10-6-7-18-8-10/h2-8H,1H3,(H2,15,16,17). The molecule has 0 saturated heterocycles. The van der Waals surface area contributed by atoms with Crippen LogP contribution in [0.4, 0.5) is 0 Å². The van der Waals surface area contributed by atoms with Gasteiger partial charge in [0.2, 0.25) is 0 Å². The van der Waals surface area contributed by atoms with Crippen molar-refractivity contribution in [3.05, 3.63) is 48.4 Å². The lowest BCUT2D eigenvalue weighted by Crippen LogP contribution is -2.18. The van der Waals surface area contributed by atoms with Crippen molar-refractivity contribution in [2.45, 2.75) is 6.92 Å². The van der Waals surface area contributed by atoms with Crippen LogP contribution < -0.4 is 5.73 Å². The fourth-order valence-electron chi connectivity index (χ4n) is 1.62. The molecule has 0 fully saturated rings. The molecule has 0 aliphatic rings. The molecule has 4 nitrogen and oxygen atoms in total. The zero-order valence-corrected chi connectivity index (χ0v) is 11.1. The van der Waals surface area contributed by atoms with Crippen LogP contribution in [-0.2, 0) is 4.79 Å². The molecular formula is C14H12N2O2S. The first-order chi connectivity index (χ1) is 9.09. The van der Waals surface area contributed by atoms with Gasteiger partial charge in [-0.2, -0.15) is 4.99 Å². The van der Waals surface area contributed by atoms with Crippen molar-refractivity contribution in [3.63, 3.8) is 0 Å². The molecule has 1 heterocycles. The summed E-state index contributed by atoms with van der Waals surface area (Å²) >= 11 is 4.77. The summed E-state index contributed by atoms with van der Waals surface area (Å²) in [5, 5.41) is 0. The molecule has 1 aromatic heterocycles. The molecule has 19 heavy (non-hydrogen) atoms. The first-order valence-electron chi connectivity index (χ1n) is 5.60. The highest BCUT2D eigenvalue weighted by molar-refractivity contribution is 7.82. The van der Waals surface area contributed by atoms with Crippen LogP contribution in [0.3, 0.4) is 0 Å². The summed E-state index contributed by atoms with van der Waals surface area (Å²) in [5.74, 6) is -0.347. The highest BCUT2D eigenvalue weighted by Crippen LogP contribution is 2.23. The van der Waals surface area contributed by atoms with E-state index in [1.807, 2.05) is 24.3 Å². The molecule has 2 aromatic rings. The number of nitrogens with two attached hydrogens (primary N) is 1. The number of amides is 1. The average Bonchev–Trinajstić information content (AvgIpc) is 2.92. The zero-order valence-electron chi connectivity index (χ0n) is 10.3. The molecule has 0 bridgehead atoms. The third kappa shape index (κ3) is 2.95. The van der Waals surface area contributed by atoms with E-state index in [4.69, 9.17) is 22.4 Å². The highest BCUT2D eigenvalue weighted by Gasteiger charge is 2.11. The van der Waals surface area contributed by atoms with Gasteiger partial charge in [0, 0.05) is 11.1 Å². The molecule has 1 amide bonds. The van der Waals surface area contributed by atoms with Crippen molar-refractivity contribution in [2.75, 3.05) is 0 Å². The fraction of sp³-hybridized carbons (Fsp3) is 0.0714. The van der Waals surface area contributed by atoms with Gasteiger partial charge in [-0.3, -0.25) is 4.79 Å². The summed E-state index contributed by atoms with van der Waals surface area (Å²) in [4.78, 5) is 15.5. The average molecular weight is 272 g/mol. The lowest BCUT2D eigenvalue weighted by atomic mass is 10.0. The first kappa shape index (κ1) is 13.2.